The summed E-state index contributed by atoms with van der Waals surface area (Å²) in [7, 11) is 0. The topological polar surface area (TPSA) is 38.5 Å². The first-order valence-corrected chi connectivity index (χ1v) is 8.00. The molecule has 0 aromatic rings. The summed E-state index contributed by atoms with van der Waals surface area (Å²) in [5, 5.41) is 0.789. The van der Waals surface area contributed by atoms with E-state index >= 15 is 0 Å². The van der Waals surface area contributed by atoms with E-state index in [0.717, 1.165) is 11.8 Å². The fraction of sp³-hybridized carbons (Fsp3) is 1.00. The lowest BCUT2D eigenvalue weighted by Gasteiger charge is -2.39. The first-order chi connectivity index (χ1) is 8.24. The summed E-state index contributed by atoms with van der Waals surface area (Å²) < 4.78 is 6.01. The number of nitrogens with zero attached hydrogens (tertiary/aromatic N) is 1. The minimum Gasteiger partial charge on any atom is -0.374 e. The van der Waals surface area contributed by atoms with Crippen LogP contribution in [0.2, 0.25) is 0 Å². The van der Waals surface area contributed by atoms with E-state index in [9.17, 15) is 0 Å². The lowest BCUT2D eigenvalue weighted by atomic mass is 10.1. The summed E-state index contributed by atoms with van der Waals surface area (Å²) >= 11 is 2.11. The van der Waals surface area contributed by atoms with Crippen LogP contribution in [0.3, 0.4) is 0 Å². The average Bonchev–Trinajstić information content (AvgIpc) is 2.77. The normalized spacial score (nSPS) is 37.2. The van der Waals surface area contributed by atoms with Crippen molar-refractivity contribution in [1.29, 1.82) is 0 Å². The van der Waals surface area contributed by atoms with Gasteiger partial charge >= 0.3 is 0 Å². The number of rotatable bonds is 4. The zero-order chi connectivity index (χ0) is 12.3. The van der Waals surface area contributed by atoms with Crippen LogP contribution in [-0.2, 0) is 4.74 Å². The van der Waals surface area contributed by atoms with Gasteiger partial charge in [-0.25, -0.2) is 0 Å². The van der Waals surface area contributed by atoms with Crippen molar-refractivity contribution in [3.8, 4) is 0 Å². The summed E-state index contributed by atoms with van der Waals surface area (Å²) in [4.78, 5) is 2.58. The molecule has 2 saturated heterocycles. The lowest BCUT2D eigenvalue weighted by molar-refractivity contribution is -0.00347. The van der Waals surface area contributed by atoms with Crippen molar-refractivity contribution in [2.24, 2.45) is 5.73 Å². The van der Waals surface area contributed by atoms with Crippen LogP contribution in [0, 0.1) is 0 Å². The molecule has 2 heterocycles. The SMILES string of the molecule is CCC1CN(C(CN)C2CCC(C)O2)CCS1. The summed E-state index contributed by atoms with van der Waals surface area (Å²) in [6.45, 7) is 7.56. The Morgan fingerprint density at radius 2 is 2.29 bits per heavy atom. The molecule has 0 saturated carbocycles. The molecule has 2 rings (SSSR count). The zero-order valence-corrected chi connectivity index (χ0v) is 11.9. The first-order valence-electron chi connectivity index (χ1n) is 6.95. The molecule has 3 nitrogen and oxygen atoms in total. The Hall–Kier alpha value is 0.230. The van der Waals surface area contributed by atoms with Gasteiger partial charge in [0, 0.05) is 36.7 Å². The second kappa shape index (κ2) is 6.41. The van der Waals surface area contributed by atoms with Crippen LogP contribution < -0.4 is 5.73 Å². The van der Waals surface area contributed by atoms with E-state index in [-0.39, 0.29) is 0 Å². The number of hydrogen-bond acceptors (Lipinski definition) is 4. The van der Waals surface area contributed by atoms with E-state index in [4.69, 9.17) is 10.5 Å². The Bertz CT molecular complexity index is 239. The quantitative estimate of drug-likeness (QED) is 0.833. The molecule has 0 amide bonds. The van der Waals surface area contributed by atoms with Crippen molar-refractivity contribution in [1.82, 2.24) is 4.90 Å². The van der Waals surface area contributed by atoms with E-state index in [1.807, 2.05) is 0 Å². The third kappa shape index (κ3) is 3.37. The predicted octanol–water partition coefficient (Wildman–Crippen LogP) is 1.71. The Balaban J connectivity index is 1.92. The molecule has 4 atom stereocenters. The molecule has 2 N–H and O–H groups in total. The van der Waals surface area contributed by atoms with Crippen LogP contribution >= 0.6 is 11.8 Å². The van der Waals surface area contributed by atoms with E-state index in [2.05, 4.69) is 30.5 Å². The largest absolute Gasteiger partial charge is 0.374 e. The van der Waals surface area contributed by atoms with E-state index in [1.54, 1.807) is 0 Å². The van der Waals surface area contributed by atoms with E-state index in [0.29, 0.717) is 18.2 Å². The molecule has 0 radical (unpaired) electrons. The van der Waals surface area contributed by atoms with Crippen LogP contribution in [0.1, 0.15) is 33.1 Å². The summed E-state index contributed by atoms with van der Waals surface area (Å²) in [5.41, 5.74) is 5.99. The third-order valence-electron chi connectivity index (χ3n) is 4.03. The highest BCUT2D eigenvalue weighted by molar-refractivity contribution is 8.00. The zero-order valence-electron chi connectivity index (χ0n) is 11.1. The Kier molecular flexibility index (Phi) is 5.15. The molecule has 100 valence electrons. The standard InChI is InChI=1S/C13H26N2OS/c1-3-11-9-15(6-7-17-11)12(8-14)13-5-4-10(2)16-13/h10-13H,3-9,14H2,1-2H3. The smallest absolute Gasteiger partial charge is 0.0747 e. The van der Waals surface area contributed by atoms with Crippen LogP contribution in [0.15, 0.2) is 0 Å². The summed E-state index contributed by atoms with van der Waals surface area (Å²) in [5.74, 6) is 1.25. The van der Waals surface area contributed by atoms with Crippen LogP contribution in [0.5, 0.6) is 0 Å². The minimum absolute atomic E-state index is 0.371. The minimum atomic E-state index is 0.371. The van der Waals surface area contributed by atoms with Crippen molar-refractivity contribution < 1.29 is 4.74 Å². The molecule has 0 aliphatic carbocycles. The van der Waals surface area contributed by atoms with Crippen LogP contribution in [0.25, 0.3) is 0 Å². The van der Waals surface area contributed by atoms with Crippen molar-refractivity contribution in [3.63, 3.8) is 0 Å². The lowest BCUT2D eigenvalue weighted by Crippen LogP contribution is -2.53. The molecule has 2 aliphatic rings. The highest BCUT2D eigenvalue weighted by atomic mass is 32.2. The van der Waals surface area contributed by atoms with E-state index < -0.39 is 0 Å². The van der Waals surface area contributed by atoms with Gasteiger partial charge < -0.3 is 10.5 Å². The second-order valence-corrected chi connectivity index (χ2v) is 6.67. The fourth-order valence-corrected chi connectivity index (χ4v) is 4.15. The predicted molar refractivity (Wildman–Crippen MR) is 74.5 cm³/mol. The molecule has 4 unspecified atom stereocenters. The van der Waals surface area contributed by atoms with Gasteiger partial charge in [-0.3, -0.25) is 4.90 Å². The first kappa shape index (κ1) is 13.7. The Labute approximate surface area is 109 Å². The van der Waals surface area contributed by atoms with Crippen LogP contribution in [-0.4, -0.2) is 53.8 Å². The molecule has 0 aromatic heterocycles. The van der Waals surface area contributed by atoms with Gasteiger partial charge in [-0.05, 0) is 26.2 Å². The molecule has 0 aromatic carbocycles. The molecule has 2 fully saturated rings. The van der Waals surface area contributed by atoms with Gasteiger partial charge in [-0.15, -0.1) is 0 Å². The van der Waals surface area contributed by atoms with Gasteiger partial charge in [-0.1, -0.05) is 6.92 Å². The maximum atomic E-state index is 6.01. The maximum Gasteiger partial charge on any atom is 0.0747 e. The Morgan fingerprint density at radius 3 is 2.88 bits per heavy atom. The number of ether oxygens (including phenoxy) is 1. The average molecular weight is 258 g/mol. The fourth-order valence-electron chi connectivity index (χ4n) is 2.94. The van der Waals surface area contributed by atoms with Crippen LogP contribution in [0.4, 0.5) is 0 Å². The van der Waals surface area contributed by atoms with Gasteiger partial charge in [0.1, 0.15) is 0 Å². The van der Waals surface area contributed by atoms with Crippen molar-refractivity contribution in [3.05, 3.63) is 0 Å². The third-order valence-corrected chi connectivity index (χ3v) is 5.40. The molecule has 2 aliphatic heterocycles. The molecular formula is C13H26N2OS. The molecule has 4 heteroatoms. The number of nitrogens with two attached hydrogens (primary N) is 1. The highest BCUT2D eigenvalue weighted by Crippen LogP contribution is 2.28. The molecule has 0 spiro atoms. The van der Waals surface area contributed by atoms with Crippen molar-refractivity contribution >= 4 is 11.8 Å². The van der Waals surface area contributed by atoms with Gasteiger partial charge in [0.05, 0.1) is 12.2 Å². The summed E-state index contributed by atoms with van der Waals surface area (Å²) in [6, 6.07) is 0.440. The van der Waals surface area contributed by atoms with Gasteiger partial charge in [-0.2, -0.15) is 11.8 Å². The van der Waals surface area contributed by atoms with E-state index in [1.165, 1.54) is 38.1 Å². The molecule has 0 bridgehead atoms. The second-order valence-electron chi connectivity index (χ2n) is 5.26. The molecular weight excluding hydrogens is 232 g/mol. The maximum absolute atomic E-state index is 6.01. The monoisotopic (exact) mass is 258 g/mol. The Morgan fingerprint density at radius 1 is 1.47 bits per heavy atom. The number of thioether (sulfide) groups is 1. The highest BCUT2D eigenvalue weighted by Gasteiger charge is 2.34. The molecule has 17 heavy (non-hydrogen) atoms. The number of hydrogen-bond donors (Lipinski definition) is 1. The van der Waals surface area contributed by atoms with Crippen molar-refractivity contribution in [2.45, 2.75) is 56.6 Å². The van der Waals surface area contributed by atoms with Gasteiger partial charge in [0.25, 0.3) is 0 Å². The van der Waals surface area contributed by atoms with Gasteiger partial charge in [0.15, 0.2) is 0 Å². The van der Waals surface area contributed by atoms with Crippen molar-refractivity contribution in [2.75, 3.05) is 25.4 Å². The van der Waals surface area contributed by atoms with Gasteiger partial charge in [0.2, 0.25) is 0 Å². The summed E-state index contributed by atoms with van der Waals surface area (Å²) in [6.07, 6.45) is 4.44.